The molecule has 0 bridgehead atoms. The SMILES string of the molecule is C[CH]=[Zr].[CH2-]S(=O)(=O)O.[CH2-]S(=O)(=O)O.c1ccc2[cH-]ccc2c1.c1ccc2[cH-]ccc2c1. The van der Waals surface area contributed by atoms with Crippen LogP contribution in [0.2, 0.25) is 0 Å². The third-order valence-electron chi connectivity index (χ3n) is 3.10. The number of rotatable bonds is 0. The Balaban J connectivity index is 0.000000386. The van der Waals surface area contributed by atoms with E-state index in [9.17, 15) is 0 Å². The Morgan fingerprint density at radius 2 is 1.00 bits per heavy atom. The smallest absolute Gasteiger partial charge is 0.131 e. The van der Waals surface area contributed by atoms with Crippen LogP contribution in [0.1, 0.15) is 6.92 Å². The quantitative estimate of drug-likeness (QED) is 0.245. The molecule has 0 saturated carbocycles. The zero-order chi connectivity index (χ0) is 23.9. The molecule has 4 aromatic rings. The second kappa shape index (κ2) is 15.1. The van der Waals surface area contributed by atoms with Crippen LogP contribution in [0, 0.1) is 12.5 Å². The van der Waals surface area contributed by atoms with Crippen molar-refractivity contribution in [3.8, 4) is 0 Å². The average Bonchev–Trinajstić information content (AvgIpc) is 3.29. The van der Waals surface area contributed by atoms with Crippen LogP contribution < -0.4 is 0 Å². The van der Waals surface area contributed by atoms with Crippen molar-refractivity contribution in [2.45, 2.75) is 6.92 Å². The molecule has 0 aliphatic carbocycles. The van der Waals surface area contributed by atoms with Gasteiger partial charge in [-0.25, -0.2) is 16.8 Å². The van der Waals surface area contributed by atoms with Crippen LogP contribution in [0.25, 0.3) is 21.5 Å². The normalized spacial score (nSPS) is 10.1. The first kappa shape index (κ1) is 29.2. The average molecular weight is 540 g/mol. The summed E-state index contributed by atoms with van der Waals surface area (Å²) in [5.74, 6) is 0. The fraction of sp³-hybridized carbons (Fsp3) is 0.0455. The van der Waals surface area contributed by atoms with E-state index >= 15 is 0 Å². The van der Waals surface area contributed by atoms with Gasteiger partial charge in [0, 0.05) is 0 Å². The molecule has 0 saturated heterocycles. The molecule has 4 rings (SSSR count). The maximum absolute atomic E-state index is 9.08. The molecule has 31 heavy (non-hydrogen) atoms. The van der Waals surface area contributed by atoms with Crippen LogP contribution in [0.15, 0.2) is 84.9 Å². The summed E-state index contributed by atoms with van der Waals surface area (Å²) >= 11 is 1.51. The molecule has 0 fully saturated rings. The van der Waals surface area contributed by atoms with E-state index in [0.29, 0.717) is 0 Å². The monoisotopic (exact) mass is 538 g/mol. The Kier molecular flexibility index (Phi) is 14.2. The van der Waals surface area contributed by atoms with E-state index in [-0.39, 0.29) is 0 Å². The van der Waals surface area contributed by atoms with Gasteiger partial charge < -0.3 is 9.11 Å². The molecular weight excluding hydrogens is 516 g/mol. The molecular formula is C22H24O6S2Zr-4. The van der Waals surface area contributed by atoms with Gasteiger partial charge in [0.25, 0.3) is 0 Å². The van der Waals surface area contributed by atoms with Crippen LogP contribution in [-0.2, 0) is 44.5 Å². The Bertz CT molecular complexity index is 1070. The van der Waals surface area contributed by atoms with Gasteiger partial charge in [-0.1, -0.05) is 12.1 Å². The third kappa shape index (κ3) is 18.7. The second-order valence-electron chi connectivity index (χ2n) is 5.76. The zero-order valence-electron chi connectivity index (χ0n) is 16.9. The fourth-order valence-electron chi connectivity index (χ4n) is 2.14. The van der Waals surface area contributed by atoms with E-state index in [1.54, 1.807) is 0 Å². The van der Waals surface area contributed by atoms with Crippen molar-refractivity contribution in [1.82, 2.24) is 0 Å². The second-order valence-corrected chi connectivity index (χ2v) is 9.51. The number of hydrogen-bond donors (Lipinski definition) is 2. The van der Waals surface area contributed by atoms with Crippen molar-refractivity contribution in [3.63, 3.8) is 0 Å². The van der Waals surface area contributed by atoms with Crippen molar-refractivity contribution in [2.75, 3.05) is 0 Å². The molecule has 0 atom stereocenters. The summed E-state index contributed by atoms with van der Waals surface area (Å²) in [7, 11) is -7.83. The van der Waals surface area contributed by atoms with Gasteiger partial charge in [-0.15, -0.1) is 59.3 Å². The molecule has 9 heteroatoms. The van der Waals surface area contributed by atoms with E-state index in [2.05, 4.69) is 101 Å². The third-order valence-corrected chi connectivity index (χ3v) is 3.10. The maximum atomic E-state index is 9.08. The van der Waals surface area contributed by atoms with E-state index in [4.69, 9.17) is 25.9 Å². The minimum absolute atomic E-state index is 1.33. The summed E-state index contributed by atoms with van der Waals surface area (Å²) in [4.78, 5) is 0. The Morgan fingerprint density at radius 3 is 1.26 bits per heavy atom. The minimum Gasteiger partial charge on any atom is -0.310 e. The van der Waals surface area contributed by atoms with Gasteiger partial charge in [-0.3, -0.25) is 0 Å². The molecule has 168 valence electrons. The number of fused-ring (bicyclic) bond motifs is 2. The van der Waals surface area contributed by atoms with E-state index in [1.807, 2.05) is 6.92 Å². The summed E-state index contributed by atoms with van der Waals surface area (Å²) < 4.78 is 53.2. The van der Waals surface area contributed by atoms with Crippen molar-refractivity contribution < 1.29 is 50.2 Å². The molecule has 0 aliphatic heterocycles. The summed E-state index contributed by atoms with van der Waals surface area (Å²) in [6.45, 7) is 2.04. The predicted molar refractivity (Wildman–Crippen MR) is 125 cm³/mol. The molecule has 0 spiro atoms. The van der Waals surface area contributed by atoms with Gasteiger partial charge in [0.2, 0.25) is 0 Å². The van der Waals surface area contributed by atoms with E-state index in [1.165, 1.54) is 45.8 Å². The first-order chi connectivity index (χ1) is 14.3. The Labute approximate surface area is 199 Å². The number of benzene rings is 2. The molecule has 0 aliphatic rings. The van der Waals surface area contributed by atoms with Crippen LogP contribution in [0.5, 0.6) is 0 Å². The first-order valence-electron chi connectivity index (χ1n) is 8.62. The molecule has 0 radical (unpaired) electrons. The zero-order valence-corrected chi connectivity index (χ0v) is 21.0. The van der Waals surface area contributed by atoms with Crippen LogP contribution in [-0.4, -0.2) is 29.6 Å². The predicted octanol–water partition coefficient (Wildman–Crippen LogP) is 4.80. The largest absolute Gasteiger partial charge is 0.310 e. The van der Waals surface area contributed by atoms with Crippen molar-refractivity contribution in [1.29, 1.82) is 0 Å². The summed E-state index contributed by atoms with van der Waals surface area (Å²) in [5, 5.41) is 5.32. The van der Waals surface area contributed by atoms with Crippen LogP contribution in [0.3, 0.4) is 0 Å². The Hall–Kier alpha value is -1.77. The molecule has 0 unspecified atom stereocenters. The van der Waals surface area contributed by atoms with Gasteiger partial charge in [-0.05, 0) is 0 Å². The van der Waals surface area contributed by atoms with E-state index in [0.717, 1.165) is 0 Å². The van der Waals surface area contributed by atoms with Gasteiger partial charge in [0.05, 0.1) is 0 Å². The van der Waals surface area contributed by atoms with Crippen LogP contribution >= 0.6 is 0 Å². The molecule has 0 amide bonds. The minimum atomic E-state index is -3.92. The van der Waals surface area contributed by atoms with Gasteiger partial charge in [-0.2, -0.15) is 47.5 Å². The van der Waals surface area contributed by atoms with E-state index < -0.39 is 20.2 Å². The van der Waals surface area contributed by atoms with Gasteiger partial charge in [0.1, 0.15) is 20.2 Å². The van der Waals surface area contributed by atoms with Crippen molar-refractivity contribution >= 4 is 45.5 Å². The molecule has 6 nitrogen and oxygen atoms in total. The van der Waals surface area contributed by atoms with Crippen molar-refractivity contribution in [3.05, 3.63) is 97.4 Å². The van der Waals surface area contributed by atoms with Crippen LogP contribution in [0.4, 0.5) is 0 Å². The van der Waals surface area contributed by atoms with Gasteiger partial charge >= 0.3 is 34.9 Å². The topological polar surface area (TPSA) is 109 Å². The summed E-state index contributed by atoms with van der Waals surface area (Å²) in [6.07, 6.45) is 4.60. The molecule has 4 aromatic carbocycles. The van der Waals surface area contributed by atoms with Crippen molar-refractivity contribution in [2.24, 2.45) is 0 Å². The summed E-state index contributed by atoms with van der Waals surface area (Å²) in [6, 6.07) is 29.3. The Morgan fingerprint density at radius 1 is 0.742 bits per heavy atom. The fourth-order valence-corrected chi connectivity index (χ4v) is 2.14. The molecule has 2 N–H and O–H groups in total. The number of hydrogen-bond acceptors (Lipinski definition) is 4. The summed E-state index contributed by atoms with van der Waals surface area (Å²) in [5.41, 5.74) is 0. The maximum Gasteiger partial charge on any atom is 0.131 e. The standard InChI is InChI=1S/2C9H7.C2H4.2CH3O3S.Zr/c2*1-2-5-9-7-3-6-8(9)4-1;1-2;2*1-5(2,3)4;/h2*1-7H;1H,2H3;2*1H2,(H,2,3,4);/q2*-1;;2*-1;. The first-order valence-corrected chi connectivity index (χ1v) is 13.3. The molecule has 0 aromatic heterocycles. The molecule has 0 heterocycles. The van der Waals surface area contributed by atoms with Gasteiger partial charge in [0.15, 0.2) is 0 Å².